The van der Waals surface area contributed by atoms with Gasteiger partial charge in [0.25, 0.3) is 5.56 Å². The largest absolute Gasteiger partial charge is 0.354 e. The second-order valence-electron chi connectivity index (χ2n) is 6.04. The number of aromatic nitrogens is 2. The average molecular weight is 390 g/mol. The van der Waals surface area contributed by atoms with Crippen molar-refractivity contribution in [1.82, 2.24) is 15.1 Å². The molecule has 126 valence electrons. The molecule has 0 saturated heterocycles. The standard InChI is InChI=1S/C18H20BrN3O2/c19-15-7-5-13(6-8-15)11-17(23)20-9-10-22-18(24)12-14-3-1-2-4-16(14)21-22/h5-8,12H,1-4,9-11H2,(H,20,23). The topological polar surface area (TPSA) is 64.0 Å². The van der Waals surface area contributed by atoms with Crippen LogP contribution in [0.1, 0.15) is 29.7 Å². The predicted octanol–water partition coefficient (Wildman–Crippen LogP) is 2.24. The molecule has 3 rings (SSSR count). The van der Waals surface area contributed by atoms with Crippen LogP contribution in [0, 0.1) is 0 Å². The Bertz CT molecular complexity index is 784. The number of nitrogens with one attached hydrogen (secondary N) is 1. The number of benzene rings is 1. The molecule has 0 radical (unpaired) electrons. The minimum absolute atomic E-state index is 0.0525. The van der Waals surface area contributed by atoms with Gasteiger partial charge in [0, 0.05) is 17.1 Å². The van der Waals surface area contributed by atoms with Crippen LogP contribution >= 0.6 is 15.9 Å². The van der Waals surface area contributed by atoms with Gasteiger partial charge >= 0.3 is 0 Å². The fourth-order valence-corrected chi connectivity index (χ4v) is 3.18. The Morgan fingerprint density at radius 3 is 2.75 bits per heavy atom. The van der Waals surface area contributed by atoms with Gasteiger partial charge in [-0.2, -0.15) is 5.10 Å². The van der Waals surface area contributed by atoms with E-state index in [0.717, 1.165) is 47.0 Å². The molecule has 0 aliphatic heterocycles. The van der Waals surface area contributed by atoms with Crippen LogP contribution in [0.15, 0.2) is 39.6 Å². The molecule has 5 nitrogen and oxygen atoms in total. The Balaban J connectivity index is 1.53. The Morgan fingerprint density at radius 2 is 1.96 bits per heavy atom. The van der Waals surface area contributed by atoms with Gasteiger partial charge in [-0.3, -0.25) is 9.59 Å². The van der Waals surface area contributed by atoms with Gasteiger partial charge in [-0.05, 0) is 48.9 Å². The molecule has 1 aliphatic carbocycles. The highest BCUT2D eigenvalue weighted by Crippen LogP contribution is 2.16. The van der Waals surface area contributed by atoms with E-state index in [1.165, 1.54) is 4.68 Å². The zero-order valence-electron chi connectivity index (χ0n) is 13.4. The zero-order valence-corrected chi connectivity index (χ0v) is 15.0. The Kier molecular flexibility index (Phi) is 5.45. The van der Waals surface area contributed by atoms with Gasteiger partial charge in [0.2, 0.25) is 5.91 Å². The highest BCUT2D eigenvalue weighted by molar-refractivity contribution is 9.10. The number of rotatable bonds is 5. The van der Waals surface area contributed by atoms with Crippen molar-refractivity contribution in [2.45, 2.75) is 38.6 Å². The van der Waals surface area contributed by atoms with Crippen LogP contribution in [0.2, 0.25) is 0 Å². The molecule has 0 bridgehead atoms. The lowest BCUT2D eigenvalue weighted by atomic mass is 9.97. The van der Waals surface area contributed by atoms with E-state index in [9.17, 15) is 9.59 Å². The van der Waals surface area contributed by atoms with Crippen molar-refractivity contribution < 1.29 is 4.79 Å². The summed E-state index contributed by atoms with van der Waals surface area (Å²) in [6, 6.07) is 9.36. The highest BCUT2D eigenvalue weighted by Gasteiger charge is 2.13. The van der Waals surface area contributed by atoms with E-state index in [1.807, 2.05) is 24.3 Å². The SMILES string of the molecule is O=C(Cc1ccc(Br)cc1)NCCn1nc2c(cc1=O)CCCC2. The summed E-state index contributed by atoms with van der Waals surface area (Å²) in [4.78, 5) is 24.0. The van der Waals surface area contributed by atoms with Crippen LogP contribution in [0.3, 0.4) is 0 Å². The molecule has 1 amide bonds. The molecule has 24 heavy (non-hydrogen) atoms. The van der Waals surface area contributed by atoms with Crippen molar-refractivity contribution >= 4 is 21.8 Å². The quantitative estimate of drug-likeness (QED) is 0.852. The van der Waals surface area contributed by atoms with E-state index < -0.39 is 0 Å². The number of hydrogen-bond acceptors (Lipinski definition) is 3. The summed E-state index contributed by atoms with van der Waals surface area (Å²) in [6.07, 6.45) is 4.47. The number of halogens is 1. The number of carbonyl (C=O) groups is 1. The molecular weight excluding hydrogens is 370 g/mol. The van der Waals surface area contributed by atoms with Crippen LogP contribution in [-0.4, -0.2) is 22.2 Å². The lowest BCUT2D eigenvalue weighted by Crippen LogP contribution is -2.33. The van der Waals surface area contributed by atoms with Crippen molar-refractivity contribution in [2.75, 3.05) is 6.54 Å². The third kappa shape index (κ3) is 4.32. The molecule has 1 heterocycles. The Morgan fingerprint density at radius 1 is 1.21 bits per heavy atom. The minimum atomic E-state index is -0.0854. The first-order valence-electron chi connectivity index (χ1n) is 8.23. The number of hydrogen-bond donors (Lipinski definition) is 1. The maximum atomic E-state index is 12.1. The monoisotopic (exact) mass is 389 g/mol. The van der Waals surface area contributed by atoms with E-state index in [-0.39, 0.29) is 11.5 Å². The fourth-order valence-electron chi connectivity index (χ4n) is 2.91. The summed E-state index contributed by atoms with van der Waals surface area (Å²) in [6.45, 7) is 0.805. The van der Waals surface area contributed by atoms with Gasteiger partial charge in [-0.15, -0.1) is 0 Å². The van der Waals surface area contributed by atoms with E-state index in [4.69, 9.17) is 0 Å². The van der Waals surface area contributed by atoms with E-state index >= 15 is 0 Å². The molecule has 2 aromatic rings. The highest BCUT2D eigenvalue weighted by atomic mass is 79.9. The first-order valence-corrected chi connectivity index (χ1v) is 9.02. The lowest BCUT2D eigenvalue weighted by Gasteiger charge is -2.16. The zero-order chi connectivity index (χ0) is 16.9. The van der Waals surface area contributed by atoms with E-state index in [0.29, 0.717) is 19.5 Å². The van der Waals surface area contributed by atoms with E-state index in [1.54, 1.807) is 6.07 Å². The molecule has 1 N–H and O–H groups in total. The van der Waals surface area contributed by atoms with Crippen molar-refractivity contribution in [3.63, 3.8) is 0 Å². The molecular formula is C18H20BrN3O2. The second kappa shape index (κ2) is 7.75. The van der Waals surface area contributed by atoms with Crippen molar-refractivity contribution in [3.8, 4) is 0 Å². The molecule has 0 fully saturated rings. The fraction of sp³-hybridized carbons (Fsp3) is 0.389. The maximum absolute atomic E-state index is 12.1. The van der Waals surface area contributed by atoms with Gasteiger partial charge in [0.1, 0.15) is 0 Å². The molecule has 0 saturated carbocycles. The number of nitrogens with zero attached hydrogens (tertiary/aromatic N) is 2. The van der Waals surface area contributed by atoms with Crippen molar-refractivity contribution in [1.29, 1.82) is 0 Å². The number of aryl methyl sites for hydroxylation is 2. The number of carbonyl (C=O) groups excluding carboxylic acids is 1. The summed E-state index contributed by atoms with van der Waals surface area (Å²) < 4.78 is 2.45. The third-order valence-electron chi connectivity index (χ3n) is 4.20. The molecule has 0 spiro atoms. The molecule has 1 aromatic carbocycles. The summed E-state index contributed by atoms with van der Waals surface area (Å²) in [5, 5.41) is 7.30. The van der Waals surface area contributed by atoms with Crippen molar-refractivity contribution in [2.24, 2.45) is 0 Å². The number of amides is 1. The van der Waals surface area contributed by atoms with Crippen LogP contribution in [-0.2, 0) is 30.6 Å². The predicted molar refractivity (Wildman–Crippen MR) is 96.0 cm³/mol. The average Bonchev–Trinajstić information content (AvgIpc) is 2.57. The maximum Gasteiger partial charge on any atom is 0.267 e. The first-order chi connectivity index (χ1) is 11.6. The normalized spacial score (nSPS) is 13.4. The number of fused-ring (bicyclic) bond motifs is 1. The van der Waals surface area contributed by atoms with Gasteiger partial charge in [-0.25, -0.2) is 4.68 Å². The van der Waals surface area contributed by atoms with Crippen LogP contribution in [0.4, 0.5) is 0 Å². The van der Waals surface area contributed by atoms with Gasteiger partial charge in [0.15, 0.2) is 0 Å². The van der Waals surface area contributed by atoms with Gasteiger partial charge in [-0.1, -0.05) is 28.1 Å². The molecule has 6 heteroatoms. The van der Waals surface area contributed by atoms with Gasteiger partial charge < -0.3 is 5.32 Å². The summed E-state index contributed by atoms with van der Waals surface area (Å²) in [5.41, 5.74) is 2.99. The summed E-state index contributed by atoms with van der Waals surface area (Å²) in [7, 11) is 0. The minimum Gasteiger partial charge on any atom is -0.354 e. The van der Waals surface area contributed by atoms with Crippen molar-refractivity contribution in [3.05, 3.63) is 62.0 Å². The summed E-state index contributed by atoms with van der Waals surface area (Å²) in [5.74, 6) is -0.0525. The first kappa shape index (κ1) is 16.9. The molecule has 1 aliphatic rings. The second-order valence-corrected chi connectivity index (χ2v) is 6.95. The van der Waals surface area contributed by atoms with Gasteiger partial charge in [0.05, 0.1) is 18.7 Å². The van der Waals surface area contributed by atoms with Crippen LogP contribution in [0.25, 0.3) is 0 Å². The smallest absolute Gasteiger partial charge is 0.267 e. The third-order valence-corrected chi connectivity index (χ3v) is 4.73. The van der Waals surface area contributed by atoms with E-state index in [2.05, 4.69) is 26.3 Å². The van der Waals surface area contributed by atoms with Crippen LogP contribution in [0.5, 0.6) is 0 Å². The Labute approximate surface area is 149 Å². The van der Waals surface area contributed by atoms with Crippen LogP contribution < -0.4 is 10.9 Å². The molecule has 0 unspecified atom stereocenters. The molecule has 0 atom stereocenters. The molecule has 1 aromatic heterocycles. The summed E-state index contributed by atoms with van der Waals surface area (Å²) >= 11 is 3.37. The lowest BCUT2D eigenvalue weighted by molar-refractivity contribution is -0.120. The Hall–Kier alpha value is -1.95.